The van der Waals surface area contributed by atoms with Crippen LogP contribution >= 0.6 is 0 Å². The fourth-order valence-corrected chi connectivity index (χ4v) is 1.74. The Morgan fingerprint density at radius 3 is 2.59 bits per heavy atom. The van der Waals surface area contributed by atoms with Crippen molar-refractivity contribution in [1.29, 1.82) is 0 Å². The van der Waals surface area contributed by atoms with Crippen molar-refractivity contribution in [2.75, 3.05) is 11.9 Å². The molecule has 112 valence electrons. The van der Waals surface area contributed by atoms with Crippen LogP contribution in [0, 0.1) is 0 Å². The van der Waals surface area contributed by atoms with Crippen molar-refractivity contribution in [3.05, 3.63) is 60.6 Å². The molecular formula is C16H16N4O2. The van der Waals surface area contributed by atoms with Gasteiger partial charge < -0.3 is 10.6 Å². The van der Waals surface area contributed by atoms with E-state index in [9.17, 15) is 9.59 Å². The molecule has 2 aromatic rings. The first-order chi connectivity index (χ1) is 10.6. The summed E-state index contributed by atoms with van der Waals surface area (Å²) in [6.45, 7) is 5.42. The number of ketones is 1. The Bertz CT molecular complexity index is 696. The molecule has 0 spiro atoms. The summed E-state index contributed by atoms with van der Waals surface area (Å²) in [6.07, 6.45) is 2.91. The number of hydrogen-bond donors (Lipinski definition) is 2. The summed E-state index contributed by atoms with van der Waals surface area (Å²) in [5.74, 6) is 0.210. The third-order valence-corrected chi connectivity index (χ3v) is 2.87. The molecule has 6 nitrogen and oxygen atoms in total. The molecule has 0 atom stereocenters. The molecule has 1 aromatic heterocycles. The summed E-state index contributed by atoms with van der Waals surface area (Å²) in [5, 5.41) is 5.71. The first kappa shape index (κ1) is 15.4. The molecule has 0 aliphatic rings. The number of aromatic nitrogens is 2. The highest BCUT2D eigenvalue weighted by Crippen LogP contribution is 2.15. The average Bonchev–Trinajstić information content (AvgIpc) is 2.53. The summed E-state index contributed by atoms with van der Waals surface area (Å²) in [4.78, 5) is 31.0. The molecule has 2 rings (SSSR count). The highest BCUT2D eigenvalue weighted by Gasteiger charge is 2.08. The lowest BCUT2D eigenvalue weighted by molar-refractivity contribution is 0.0952. The second-order valence-electron chi connectivity index (χ2n) is 4.55. The Hall–Kier alpha value is -3.02. The number of nitrogens with one attached hydrogen (secondary N) is 2. The van der Waals surface area contributed by atoms with E-state index in [1.807, 2.05) is 0 Å². The molecule has 0 fully saturated rings. The summed E-state index contributed by atoms with van der Waals surface area (Å²) in [6, 6.07) is 8.55. The van der Waals surface area contributed by atoms with E-state index in [0.717, 1.165) is 5.69 Å². The largest absolute Gasteiger partial charge is 0.347 e. The van der Waals surface area contributed by atoms with Crippen LogP contribution in [0.15, 0.2) is 49.3 Å². The van der Waals surface area contributed by atoms with Gasteiger partial charge in [0, 0.05) is 23.9 Å². The number of amides is 1. The van der Waals surface area contributed by atoms with Gasteiger partial charge in [-0.2, -0.15) is 0 Å². The normalized spacial score (nSPS) is 9.86. The van der Waals surface area contributed by atoms with Crippen LogP contribution < -0.4 is 10.6 Å². The molecule has 0 unspecified atom stereocenters. The van der Waals surface area contributed by atoms with Crippen molar-refractivity contribution in [1.82, 2.24) is 15.3 Å². The maximum absolute atomic E-state index is 11.8. The number of anilines is 2. The lowest BCUT2D eigenvalue weighted by atomic mass is 10.1. The van der Waals surface area contributed by atoms with Gasteiger partial charge in [-0.05, 0) is 31.2 Å². The molecular weight excluding hydrogens is 280 g/mol. The highest BCUT2D eigenvalue weighted by atomic mass is 16.1. The van der Waals surface area contributed by atoms with Crippen LogP contribution in [0.1, 0.15) is 27.8 Å². The first-order valence-electron chi connectivity index (χ1n) is 6.69. The second-order valence-corrected chi connectivity index (χ2v) is 4.55. The van der Waals surface area contributed by atoms with Crippen LogP contribution in [0.4, 0.5) is 11.5 Å². The summed E-state index contributed by atoms with van der Waals surface area (Å²) < 4.78 is 0. The Labute approximate surface area is 128 Å². The van der Waals surface area contributed by atoms with Crippen molar-refractivity contribution >= 4 is 23.2 Å². The molecule has 22 heavy (non-hydrogen) atoms. The molecule has 0 radical (unpaired) electrons. The highest BCUT2D eigenvalue weighted by molar-refractivity contribution is 5.94. The van der Waals surface area contributed by atoms with Crippen molar-refractivity contribution in [2.24, 2.45) is 0 Å². The summed E-state index contributed by atoms with van der Waals surface area (Å²) >= 11 is 0. The third kappa shape index (κ3) is 3.99. The van der Waals surface area contributed by atoms with Gasteiger partial charge in [-0.25, -0.2) is 9.97 Å². The number of rotatable bonds is 6. The Balaban J connectivity index is 2.11. The zero-order chi connectivity index (χ0) is 15.9. The third-order valence-electron chi connectivity index (χ3n) is 2.87. The van der Waals surface area contributed by atoms with Crippen molar-refractivity contribution in [2.45, 2.75) is 6.92 Å². The van der Waals surface area contributed by atoms with Crippen LogP contribution in [0.25, 0.3) is 0 Å². The quantitative estimate of drug-likeness (QED) is 0.631. The number of nitrogens with zero attached hydrogens (tertiary/aromatic N) is 2. The van der Waals surface area contributed by atoms with Crippen LogP contribution in [0.2, 0.25) is 0 Å². The van der Waals surface area contributed by atoms with Gasteiger partial charge in [0.15, 0.2) is 5.78 Å². The number of hydrogen-bond acceptors (Lipinski definition) is 5. The minimum Gasteiger partial charge on any atom is -0.347 e. The van der Waals surface area contributed by atoms with Crippen molar-refractivity contribution in [3.63, 3.8) is 0 Å². The molecule has 0 aliphatic heterocycles. The lowest BCUT2D eigenvalue weighted by Gasteiger charge is -2.07. The van der Waals surface area contributed by atoms with E-state index < -0.39 is 0 Å². The van der Waals surface area contributed by atoms with Gasteiger partial charge in [0.05, 0.1) is 0 Å². The van der Waals surface area contributed by atoms with Gasteiger partial charge in [0.25, 0.3) is 5.91 Å². The minimum absolute atomic E-state index is 0.00904. The SMILES string of the molecule is C=CCNC(=O)c1cc(Nc2ccc(C(C)=O)cc2)ncn1. The van der Waals surface area contributed by atoms with Crippen LogP contribution in [0.5, 0.6) is 0 Å². The zero-order valence-electron chi connectivity index (χ0n) is 12.2. The number of Topliss-reactive ketones (excluding diaryl/α,β-unsaturated/α-hetero) is 1. The van der Waals surface area contributed by atoms with Gasteiger partial charge in [-0.3, -0.25) is 9.59 Å². The van der Waals surface area contributed by atoms with E-state index in [4.69, 9.17) is 0 Å². The Kier molecular flexibility index (Phi) is 4.98. The molecule has 2 N–H and O–H groups in total. The average molecular weight is 296 g/mol. The van der Waals surface area contributed by atoms with Crippen LogP contribution in [-0.2, 0) is 0 Å². The Morgan fingerprint density at radius 2 is 1.95 bits per heavy atom. The summed E-state index contributed by atoms with van der Waals surface area (Å²) in [5.41, 5.74) is 1.67. The second kappa shape index (κ2) is 7.12. The van der Waals surface area contributed by atoms with E-state index >= 15 is 0 Å². The maximum atomic E-state index is 11.8. The topological polar surface area (TPSA) is 84.0 Å². The lowest BCUT2D eigenvalue weighted by Crippen LogP contribution is -2.24. The fraction of sp³-hybridized carbons (Fsp3) is 0.125. The fourth-order valence-electron chi connectivity index (χ4n) is 1.74. The van der Waals surface area contributed by atoms with E-state index in [2.05, 4.69) is 27.2 Å². The van der Waals surface area contributed by atoms with Crippen molar-refractivity contribution < 1.29 is 9.59 Å². The zero-order valence-corrected chi connectivity index (χ0v) is 12.2. The molecule has 0 aliphatic carbocycles. The number of carbonyl (C=O) groups is 2. The number of benzene rings is 1. The van der Waals surface area contributed by atoms with E-state index in [1.165, 1.54) is 13.3 Å². The standard InChI is InChI=1S/C16H16N4O2/c1-3-8-17-16(22)14-9-15(19-10-18-14)20-13-6-4-12(5-7-13)11(2)21/h3-7,9-10H,1,8H2,2H3,(H,17,22)(H,18,19,20). The van der Waals surface area contributed by atoms with Crippen LogP contribution in [-0.4, -0.2) is 28.2 Å². The van der Waals surface area contributed by atoms with E-state index in [-0.39, 0.29) is 17.4 Å². The van der Waals surface area contributed by atoms with E-state index in [1.54, 1.807) is 36.4 Å². The number of carbonyl (C=O) groups excluding carboxylic acids is 2. The van der Waals surface area contributed by atoms with Crippen molar-refractivity contribution in [3.8, 4) is 0 Å². The van der Waals surface area contributed by atoms with E-state index in [0.29, 0.717) is 17.9 Å². The molecule has 0 saturated carbocycles. The predicted octanol–water partition coefficient (Wildman–Crippen LogP) is 2.34. The molecule has 0 saturated heterocycles. The monoisotopic (exact) mass is 296 g/mol. The van der Waals surface area contributed by atoms with Gasteiger partial charge >= 0.3 is 0 Å². The molecule has 1 heterocycles. The predicted molar refractivity (Wildman–Crippen MR) is 84.3 cm³/mol. The van der Waals surface area contributed by atoms with Gasteiger partial charge in [-0.1, -0.05) is 6.08 Å². The molecule has 0 bridgehead atoms. The maximum Gasteiger partial charge on any atom is 0.270 e. The molecule has 6 heteroatoms. The first-order valence-corrected chi connectivity index (χ1v) is 6.69. The minimum atomic E-state index is -0.294. The summed E-state index contributed by atoms with van der Waals surface area (Å²) in [7, 11) is 0. The van der Waals surface area contributed by atoms with Gasteiger partial charge in [-0.15, -0.1) is 6.58 Å². The van der Waals surface area contributed by atoms with Gasteiger partial charge in [0.1, 0.15) is 17.8 Å². The molecule has 1 aromatic carbocycles. The van der Waals surface area contributed by atoms with Crippen LogP contribution in [0.3, 0.4) is 0 Å². The smallest absolute Gasteiger partial charge is 0.270 e. The molecule has 1 amide bonds. The Morgan fingerprint density at radius 1 is 1.23 bits per heavy atom. The van der Waals surface area contributed by atoms with Gasteiger partial charge in [0.2, 0.25) is 0 Å².